The zero-order chi connectivity index (χ0) is 25.4. The first-order valence-electron chi connectivity index (χ1n) is 6.81. The molecule has 0 aliphatic rings. The Morgan fingerprint density at radius 2 is 0.839 bits per heavy atom. The second kappa shape index (κ2) is 8.24. The van der Waals surface area contributed by atoms with Crippen molar-refractivity contribution in [3.05, 3.63) is 0 Å². The summed E-state index contributed by atoms with van der Waals surface area (Å²) >= 11 is 0. The van der Waals surface area contributed by atoms with Gasteiger partial charge in [-0.2, -0.15) is 65.9 Å². The van der Waals surface area contributed by atoms with Crippen molar-refractivity contribution in [1.82, 2.24) is 10.2 Å². The monoisotopic (exact) mass is 498 g/mol. The molecule has 0 atom stereocenters. The molecule has 0 unspecified atom stereocenters. The van der Waals surface area contributed by atoms with Crippen molar-refractivity contribution in [3.8, 4) is 0 Å². The molecule has 3 amide bonds. The molecule has 0 aromatic rings. The van der Waals surface area contributed by atoms with Crippen LogP contribution in [-0.2, 0) is 14.4 Å². The summed E-state index contributed by atoms with van der Waals surface area (Å²) in [6.45, 7) is -4.65. The molecule has 1 N–H and O–H groups in total. The fourth-order valence-corrected chi connectivity index (χ4v) is 1.40. The van der Waals surface area contributed by atoms with E-state index in [1.54, 1.807) is 0 Å². The van der Waals surface area contributed by atoms with Gasteiger partial charge >= 0.3 is 48.1 Å². The molecule has 0 saturated heterocycles. The predicted molar refractivity (Wildman–Crippen MR) is 62.7 cm³/mol. The van der Waals surface area contributed by atoms with Crippen LogP contribution in [0.25, 0.3) is 0 Å². The number of nitrogens with zero attached hydrogens (tertiary/aromatic N) is 1. The Hall–Kier alpha value is -2.44. The summed E-state index contributed by atoms with van der Waals surface area (Å²) in [4.78, 5) is 30.9. The van der Waals surface area contributed by atoms with Gasteiger partial charge in [-0.25, -0.2) is 0 Å². The number of carbonyl (C=O) groups is 3. The number of amides is 3. The molecule has 20 heteroatoms. The number of halogens is 15. The van der Waals surface area contributed by atoms with E-state index < -0.39 is 72.0 Å². The van der Waals surface area contributed by atoms with Crippen LogP contribution in [0.15, 0.2) is 0 Å². The lowest BCUT2D eigenvalue weighted by Crippen LogP contribution is -2.61. The van der Waals surface area contributed by atoms with Gasteiger partial charge in [-0.3, -0.25) is 19.3 Å². The summed E-state index contributed by atoms with van der Waals surface area (Å²) in [7, 11) is 0. The number of rotatable bonds is 6. The van der Waals surface area contributed by atoms with E-state index in [1.807, 2.05) is 0 Å². The molecule has 0 fully saturated rings. The molecule has 0 bridgehead atoms. The second-order valence-electron chi connectivity index (χ2n) is 5.23. The first kappa shape index (κ1) is 28.6. The van der Waals surface area contributed by atoms with Gasteiger partial charge in [0.05, 0.1) is 0 Å². The lowest BCUT2D eigenvalue weighted by atomic mass is 10.2. The van der Waals surface area contributed by atoms with Crippen LogP contribution < -0.4 is 5.32 Å². The molecule has 0 aromatic heterocycles. The molecule has 0 saturated carbocycles. The molecule has 0 aliphatic carbocycles. The highest BCUT2D eigenvalue weighted by Gasteiger charge is 2.70. The molecule has 0 radical (unpaired) electrons. The SMILES string of the molecule is O=C(NCCN(C(=O)C(F)(F)C(F)(F)F)C(=O)C(F)(F)C(F)(F)F)C(F)(F)C(F)(F)F. The molecular formula is C11H5F15N2O3. The highest BCUT2D eigenvalue weighted by Crippen LogP contribution is 2.40. The van der Waals surface area contributed by atoms with E-state index in [9.17, 15) is 80.2 Å². The van der Waals surface area contributed by atoms with Gasteiger partial charge in [-0.1, -0.05) is 0 Å². The van der Waals surface area contributed by atoms with Gasteiger partial charge in [-0.05, 0) is 0 Å². The number of alkyl halides is 15. The van der Waals surface area contributed by atoms with Crippen molar-refractivity contribution < 1.29 is 80.2 Å². The van der Waals surface area contributed by atoms with Gasteiger partial charge in [0.1, 0.15) is 0 Å². The highest BCUT2D eigenvalue weighted by molar-refractivity contribution is 6.02. The molecule has 31 heavy (non-hydrogen) atoms. The Bertz CT molecular complexity index is 668. The van der Waals surface area contributed by atoms with E-state index in [0.717, 1.165) is 0 Å². The average molecular weight is 498 g/mol. The number of carbonyl (C=O) groups excluding carboxylic acids is 3. The van der Waals surface area contributed by atoms with Crippen molar-refractivity contribution >= 4 is 17.7 Å². The summed E-state index contributed by atoms with van der Waals surface area (Å²) in [5.41, 5.74) is 0. The second-order valence-corrected chi connectivity index (χ2v) is 5.23. The normalized spacial score (nSPS) is 14.3. The quantitative estimate of drug-likeness (QED) is 0.573. The van der Waals surface area contributed by atoms with Crippen molar-refractivity contribution in [2.24, 2.45) is 0 Å². The third-order valence-electron chi connectivity index (χ3n) is 3.00. The Morgan fingerprint density at radius 3 is 1.10 bits per heavy atom. The Kier molecular flexibility index (Phi) is 7.60. The van der Waals surface area contributed by atoms with E-state index in [2.05, 4.69) is 0 Å². The summed E-state index contributed by atoms with van der Waals surface area (Å²) in [5, 5.41) is 0.443. The van der Waals surface area contributed by atoms with Gasteiger partial charge in [0, 0.05) is 13.1 Å². The Labute approximate surface area is 159 Å². The number of hydrogen-bond acceptors (Lipinski definition) is 3. The largest absolute Gasteiger partial charge is 0.463 e. The van der Waals surface area contributed by atoms with Crippen molar-refractivity contribution in [2.45, 2.75) is 36.3 Å². The number of nitrogens with one attached hydrogen (secondary N) is 1. The summed E-state index contributed by atoms with van der Waals surface area (Å²) in [6.07, 6.45) is -20.5. The van der Waals surface area contributed by atoms with Crippen LogP contribution in [0.4, 0.5) is 65.9 Å². The summed E-state index contributed by atoms with van der Waals surface area (Å²) in [5.74, 6) is -31.2. The maximum atomic E-state index is 13.0. The van der Waals surface area contributed by atoms with Crippen LogP contribution in [0, 0.1) is 0 Å². The predicted octanol–water partition coefficient (Wildman–Crippen LogP) is 3.05. The van der Waals surface area contributed by atoms with E-state index in [0.29, 0.717) is 5.32 Å². The van der Waals surface area contributed by atoms with Gasteiger partial charge in [0.25, 0.3) is 5.91 Å². The maximum Gasteiger partial charge on any atom is 0.463 e. The zero-order valence-corrected chi connectivity index (χ0v) is 13.8. The van der Waals surface area contributed by atoms with Crippen LogP contribution in [0.5, 0.6) is 0 Å². The Balaban J connectivity index is 5.92. The fraction of sp³-hybridized carbons (Fsp3) is 0.727. The third-order valence-corrected chi connectivity index (χ3v) is 3.00. The molecule has 5 nitrogen and oxygen atoms in total. The van der Waals surface area contributed by atoms with Gasteiger partial charge < -0.3 is 5.32 Å². The molecular weight excluding hydrogens is 493 g/mol. The van der Waals surface area contributed by atoms with Crippen molar-refractivity contribution in [1.29, 1.82) is 0 Å². The minimum atomic E-state index is -6.96. The first-order chi connectivity index (χ1) is 13.3. The minimum absolute atomic E-state index is 0.443. The van der Waals surface area contributed by atoms with Crippen molar-refractivity contribution in [2.75, 3.05) is 13.1 Å². The summed E-state index contributed by atoms with van der Waals surface area (Å²) in [6, 6.07) is 0. The Morgan fingerprint density at radius 1 is 0.548 bits per heavy atom. The summed E-state index contributed by atoms with van der Waals surface area (Å²) < 4.78 is 186. The van der Waals surface area contributed by atoms with E-state index in [4.69, 9.17) is 0 Å². The van der Waals surface area contributed by atoms with E-state index in [1.165, 1.54) is 0 Å². The average Bonchev–Trinajstić information content (AvgIpc) is 2.54. The van der Waals surface area contributed by atoms with Crippen LogP contribution in [-0.4, -0.2) is 72.0 Å². The van der Waals surface area contributed by atoms with Crippen LogP contribution in [0.1, 0.15) is 0 Å². The third kappa shape index (κ3) is 5.63. The molecule has 0 heterocycles. The maximum absolute atomic E-state index is 13.0. The molecule has 0 spiro atoms. The molecule has 0 rings (SSSR count). The number of imide groups is 1. The molecule has 0 aliphatic heterocycles. The van der Waals surface area contributed by atoms with Crippen LogP contribution in [0.3, 0.4) is 0 Å². The lowest BCUT2D eigenvalue weighted by Gasteiger charge is -2.30. The highest BCUT2D eigenvalue weighted by atomic mass is 19.4. The van der Waals surface area contributed by atoms with Gasteiger partial charge in [0.15, 0.2) is 0 Å². The van der Waals surface area contributed by atoms with Crippen LogP contribution >= 0.6 is 0 Å². The van der Waals surface area contributed by atoms with E-state index >= 15 is 0 Å². The first-order valence-corrected chi connectivity index (χ1v) is 6.81. The molecule has 0 aromatic carbocycles. The smallest absolute Gasteiger partial charge is 0.349 e. The van der Waals surface area contributed by atoms with E-state index in [-0.39, 0.29) is 0 Å². The zero-order valence-electron chi connectivity index (χ0n) is 13.8. The van der Waals surface area contributed by atoms with Gasteiger partial charge in [-0.15, -0.1) is 0 Å². The topological polar surface area (TPSA) is 66.5 Å². The lowest BCUT2D eigenvalue weighted by molar-refractivity contribution is -0.283. The van der Waals surface area contributed by atoms with Crippen LogP contribution in [0.2, 0.25) is 0 Å². The standard InChI is InChI=1S/C11H5F15N2O3/c12-6(13,9(18,19)20)3(29)27-1-2-28(4(30)7(14,15)10(21,22)23)5(31)8(16,17)11(24,25)26/h1-2H2,(H,27,29). The minimum Gasteiger partial charge on any atom is -0.349 e. The van der Waals surface area contributed by atoms with Crippen molar-refractivity contribution in [3.63, 3.8) is 0 Å². The number of hydrogen-bond donors (Lipinski definition) is 1. The molecule has 182 valence electrons. The van der Waals surface area contributed by atoms with Gasteiger partial charge in [0.2, 0.25) is 0 Å². The fourth-order valence-electron chi connectivity index (χ4n) is 1.40.